The van der Waals surface area contributed by atoms with Gasteiger partial charge in [0.25, 0.3) is 0 Å². The van der Waals surface area contributed by atoms with Gasteiger partial charge in [-0.3, -0.25) is 10.6 Å². The van der Waals surface area contributed by atoms with Gasteiger partial charge in [-0.15, -0.1) is 0 Å². The zero-order chi connectivity index (χ0) is 11.7. The fraction of sp³-hybridized carbons (Fsp3) is 0.500. The highest BCUT2D eigenvalue weighted by Crippen LogP contribution is 1.96. The van der Waals surface area contributed by atoms with Crippen LogP contribution in [0.1, 0.15) is 12.8 Å². The third kappa shape index (κ3) is 6.61. The first-order valence-corrected chi connectivity index (χ1v) is 4.46. The van der Waals surface area contributed by atoms with E-state index in [1.807, 2.05) is 0 Å². The summed E-state index contributed by atoms with van der Waals surface area (Å²) in [5.74, 6) is 3.39. The maximum Gasteiger partial charge on any atom is 0.326 e. The Balaban J connectivity index is 3.89. The summed E-state index contributed by atoms with van der Waals surface area (Å²) >= 11 is 0. The molecule has 0 aromatic carbocycles. The van der Waals surface area contributed by atoms with Crippen molar-refractivity contribution in [1.82, 2.24) is 16.3 Å². The van der Waals surface area contributed by atoms with Gasteiger partial charge in [-0.05, 0) is 18.9 Å². The van der Waals surface area contributed by atoms with Crippen molar-refractivity contribution < 1.29 is 14.7 Å². The van der Waals surface area contributed by atoms with Gasteiger partial charge in [0.2, 0.25) is 5.91 Å². The van der Waals surface area contributed by atoms with Crippen LogP contribution in [0, 0.1) is 0 Å². The second kappa shape index (κ2) is 7.92. The Labute approximate surface area is 87.7 Å². The monoisotopic (exact) mass is 216 g/mol. The summed E-state index contributed by atoms with van der Waals surface area (Å²) in [7, 11) is 0. The van der Waals surface area contributed by atoms with Gasteiger partial charge >= 0.3 is 5.97 Å². The zero-order valence-electron chi connectivity index (χ0n) is 8.32. The number of carboxylic acid groups (broad SMARTS) is 1. The van der Waals surface area contributed by atoms with Gasteiger partial charge in [-0.2, -0.15) is 5.53 Å². The molecule has 0 aliphatic carbocycles. The molecule has 0 rings (SSSR count). The van der Waals surface area contributed by atoms with Crippen molar-refractivity contribution in [3.63, 3.8) is 0 Å². The number of aliphatic carboxylic acids is 1. The Bertz CT molecular complexity index is 232. The zero-order valence-corrected chi connectivity index (χ0v) is 8.32. The Morgan fingerprint density at radius 1 is 1.53 bits per heavy atom. The van der Waals surface area contributed by atoms with E-state index in [9.17, 15) is 9.59 Å². The van der Waals surface area contributed by atoms with Crippen LogP contribution < -0.4 is 22.1 Å². The normalized spacial score (nSPS) is 11.8. The standard InChI is InChI=1S/C8H16N4O3/c1-2-7(13)11-6(8(14)15)4-3-5-10-12-9/h2,6,10,12H,1,3-5,9H2,(H,11,13)(H,14,15). The van der Waals surface area contributed by atoms with E-state index in [4.69, 9.17) is 10.9 Å². The number of hydrazine groups is 2. The van der Waals surface area contributed by atoms with Gasteiger partial charge in [0, 0.05) is 6.54 Å². The lowest BCUT2D eigenvalue weighted by Crippen LogP contribution is -2.42. The number of amides is 1. The van der Waals surface area contributed by atoms with Crippen LogP contribution in [-0.2, 0) is 9.59 Å². The van der Waals surface area contributed by atoms with Gasteiger partial charge in [0.15, 0.2) is 0 Å². The van der Waals surface area contributed by atoms with Crippen LogP contribution in [0.5, 0.6) is 0 Å². The van der Waals surface area contributed by atoms with E-state index in [2.05, 4.69) is 22.9 Å². The van der Waals surface area contributed by atoms with E-state index in [1.54, 1.807) is 0 Å². The van der Waals surface area contributed by atoms with Crippen LogP contribution in [0.15, 0.2) is 12.7 Å². The molecule has 0 aliphatic heterocycles. The number of nitrogens with two attached hydrogens (primary N) is 1. The molecule has 0 aromatic heterocycles. The fourth-order valence-electron chi connectivity index (χ4n) is 0.955. The molecular formula is C8H16N4O3. The number of carbonyl (C=O) groups is 2. The molecule has 7 nitrogen and oxygen atoms in total. The number of rotatable bonds is 8. The Morgan fingerprint density at radius 3 is 2.67 bits per heavy atom. The number of hydrogen-bond donors (Lipinski definition) is 5. The maximum absolute atomic E-state index is 10.9. The quantitative estimate of drug-likeness (QED) is 0.146. The molecule has 6 N–H and O–H groups in total. The lowest BCUT2D eigenvalue weighted by atomic mass is 10.1. The molecule has 0 saturated heterocycles. The smallest absolute Gasteiger partial charge is 0.326 e. The average molecular weight is 216 g/mol. The van der Waals surface area contributed by atoms with Crippen molar-refractivity contribution in [3.05, 3.63) is 12.7 Å². The predicted molar refractivity (Wildman–Crippen MR) is 54.3 cm³/mol. The van der Waals surface area contributed by atoms with Crippen molar-refractivity contribution in [2.24, 2.45) is 5.84 Å². The van der Waals surface area contributed by atoms with Crippen molar-refractivity contribution in [2.75, 3.05) is 6.54 Å². The first-order valence-electron chi connectivity index (χ1n) is 4.46. The van der Waals surface area contributed by atoms with Crippen molar-refractivity contribution in [3.8, 4) is 0 Å². The Morgan fingerprint density at radius 2 is 2.20 bits per heavy atom. The van der Waals surface area contributed by atoms with Crippen LogP contribution in [0.25, 0.3) is 0 Å². The van der Waals surface area contributed by atoms with Crippen LogP contribution in [0.3, 0.4) is 0 Å². The van der Waals surface area contributed by atoms with E-state index in [-0.39, 0.29) is 0 Å². The summed E-state index contributed by atoms with van der Waals surface area (Å²) in [5, 5.41) is 11.1. The molecule has 7 heteroatoms. The first-order chi connectivity index (χ1) is 7.11. The number of carboxylic acids is 1. The second-order valence-corrected chi connectivity index (χ2v) is 2.82. The number of hydrogen-bond acceptors (Lipinski definition) is 5. The molecule has 1 unspecified atom stereocenters. The summed E-state index contributed by atoms with van der Waals surface area (Å²) in [6.07, 6.45) is 1.93. The summed E-state index contributed by atoms with van der Waals surface area (Å²) in [4.78, 5) is 21.6. The number of carbonyl (C=O) groups excluding carboxylic acids is 1. The highest BCUT2D eigenvalue weighted by molar-refractivity contribution is 5.90. The van der Waals surface area contributed by atoms with Gasteiger partial charge in [0.05, 0.1) is 0 Å². The molecule has 1 amide bonds. The third-order valence-corrected chi connectivity index (χ3v) is 1.70. The highest BCUT2D eigenvalue weighted by Gasteiger charge is 2.17. The van der Waals surface area contributed by atoms with E-state index < -0.39 is 17.9 Å². The lowest BCUT2D eigenvalue weighted by Gasteiger charge is -2.12. The van der Waals surface area contributed by atoms with Crippen LogP contribution in [-0.4, -0.2) is 29.6 Å². The van der Waals surface area contributed by atoms with Crippen LogP contribution in [0.4, 0.5) is 0 Å². The minimum Gasteiger partial charge on any atom is -0.480 e. The molecule has 15 heavy (non-hydrogen) atoms. The van der Waals surface area contributed by atoms with E-state index in [0.29, 0.717) is 19.4 Å². The fourth-order valence-corrected chi connectivity index (χ4v) is 0.955. The number of nitrogens with one attached hydrogen (secondary N) is 3. The Kier molecular flexibility index (Phi) is 7.16. The van der Waals surface area contributed by atoms with Gasteiger partial charge in [-0.25, -0.2) is 10.2 Å². The van der Waals surface area contributed by atoms with E-state index in [1.165, 1.54) is 0 Å². The molecule has 0 radical (unpaired) electrons. The summed E-state index contributed by atoms with van der Waals surface area (Å²) < 4.78 is 0. The van der Waals surface area contributed by atoms with E-state index >= 15 is 0 Å². The van der Waals surface area contributed by atoms with Crippen molar-refractivity contribution in [1.29, 1.82) is 0 Å². The van der Waals surface area contributed by atoms with Crippen molar-refractivity contribution in [2.45, 2.75) is 18.9 Å². The molecule has 0 saturated carbocycles. The van der Waals surface area contributed by atoms with Crippen molar-refractivity contribution >= 4 is 11.9 Å². The van der Waals surface area contributed by atoms with Gasteiger partial charge in [0.1, 0.15) is 6.04 Å². The summed E-state index contributed by atoms with van der Waals surface area (Å²) in [6.45, 7) is 3.76. The molecular weight excluding hydrogens is 200 g/mol. The molecule has 0 fully saturated rings. The highest BCUT2D eigenvalue weighted by atomic mass is 16.4. The minimum absolute atomic E-state index is 0.323. The SMILES string of the molecule is C=CC(=O)NC(CCCNNN)C(=O)O. The molecule has 0 bridgehead atoms. The molecule has 0 spiro atoms. The molecule has 86 valence electrons. The first kappa shape index (κ1) is 13.6. The minimum atomic E-state index is -1.06. The lowest BCUT2D eigenvalue weighted by molar-refractivity contribution is -0.141. The molecule has 0 heterocycles. The Hall–Kier alpha value is -1.44. The van der Waals surface area contributed by atoms with Gasteiger partial charge < -0.3 is 10.4 Å². The topological polar surface area (TPSA) is 116 Å². The van der Waals surface area contributed by atoms with Crippen LogP contribution in [0.2, 0.25) is 0 Å². The second-order valence-electron chi connectivity index (χ2n) is 2.82. The van der Waals surface area contributed by atoms with Gasteiger partial charge in [-0.1, -0.05) is 6.58 Å². The predicted octanol–water partition coefficient (Wildman–Crippen LogP) is -1.51. The summed E-state index contributed by atoms with van der Waals surface area (Å²) in [6, 6.07) is -0.893. The van der Waals surface area contributed by atoms with Crippen LogP contribution >= 0.6 is 0 Å². The molecule has 0 aromatic rings. The summed E-state index contributed by atoms with van der Waals surface area (Å²) in [5.41, 5.74) is 4.83. The molecule has 0 aliphatic rings. The van der Waals surface area contributed by atoms with E-state index in [0.717, 1.165) is 6.08 Å². The largest absolute Gasteiger partial charge is 0.480 e. The molecule has 1 atom stereocenters. The third-order valence-electron chi connectivity index (χ3n) is 1.70. The average Bonchev–Trinajstić information content (AvgIpc) is 2.21. The maximum atomic E-state index is 10.9.